The fraction of sp³-hybridized carbons (Fsp3) is 0.238. The van der Waals surface area contributed by atoms with Gasteiger partial charge in [-0.2, -0.15) is 5.10 Å². The second-order valence-corrected chi connectivity index (χ2v) is 6.42. The maximum Gasteiger partial charge on any atom is 0.257 e. The van der Waals surface area contributed by atoms with Gasteiger partial charge in [-0.3, -0.25) is 9.48 Å². The van der Waals surface area contributed by atoms with E-state index in [1.807, 2.05) is 12.1 Å². The third-order valence-electron chi connectivity index (χ3n) is 4.35. The molecule has 0 aliphatic heterocycles. The van der Waals surface area contributed by atoms with E-state index >= 15 is 0 Å². The third-order valence-corrected chi connectivity index (χ3v) is 4.35. The molecular formula is C21H21F2N3O3. The van der Waals surface area contributed by atoms with Gasteiger partial charge in [-0.15, -0.1) is 0 Å². The van der Waals surface area contributed by atoms with Crippen LogP contribution in [0, 0.1) is 11.6 Å². The minimum absolute atomic E-state index is 0.0639. The number of carbonyl (C=O) groups excluding carboxylic acids is 1. The van der Waals surface area contributed by atoms with Crippen LogP contribution in [0.15, 0.2) is 48.7 Å². The topological polar surface area (TPSA) is 56.6 Å². The number of benzene rings is 2. The van der Waals surface area contributed by atoms with Crippen molar-refractivity contribution in [3.8, 4) is 22.8 Å². The zero-order chi connectivity index (χ0) is 21.0. The zero-order valence-electron chi connectivity index (χ0n) is 16.4. The van der Waals surface area contributed by atoms with Crippen LogP contribution in [0.4, 0.5) is 8.78 Å². The lowest BCUT2D eigenvalue weighted by atomic mass is 10.1. The van der Waals surface area contributed by atoms with Gasteiger partial charge in [-0.25, -0.2) is 8.78 Å². The van der Waals surface area contributed by atoms with Gasteiger partial charge in [0.15, 0.2) is 11.5 Å². The lowest BCUT2D eigenvalue weighted by molar-refractivity contribution is 0.0774. The van der Waals surface area contributed by atoms with Crippen molar-refractivity contribution < 1.29 is 23.0 Å². The minimum atomic E-state index is -0.778. The summed E-state index contributed by atoms with van der Waals surface area (Å²) in [6.07, 6.45) is 1.51. The number of amides is 1. The molecule has 0 bridgehead atoms. The van der Waals surface area contributed by atoms with Crippen molar-refractivity contribution in [2.75, 3.05) is 27.3 Å². The first kappa shape index (κ1) is 20.3. The lowest BCUT2D eigenvalue weighted by Crippen LogP contribution is -2.31. The van der Waals surface area contributed by atoms with Crippen LogP contribution in [-0.4, -0.2) is 47.9 Å². The number of likely N-dealkylation sites (N-methyl/N-ethyl adjacent to an activating group) is 1. The Hall–Kier alpha value is -3.42. The van der Waals surface area contributed by atoms with E-state index in [4.69, 9.17) is 9.47 Å². The molecule has 3 rings (SSSR count). The van der Waals surface area contributed by atoms with Crippen LogP contribution in [0.2, 0.25) is 0 Å². The van der Waals surface area contributed by atoms with Gasteiger partial charge >= 0.3 is 0 Å². The highest BCUT2D eigenvalue weighted by Crippen LogP contribution is 2.27. The number of aromatic nitrogens is 2. The van der Waals surface area contributed by atoms with Crippen LogP contribution in [-0.2, 0) is 7.05 Å². The molecule has 29 heavy (non-hydrogen) atoms. The standard InChI is InChI=1S/C21H21F2N3O3/c1-25(10-11-29-19-7-5-4-6-18(19)28-3)21(27)16-13-26(2)24-20(16)15-9-8-14(22)12-17(15)23/h4-9,12-13H,10-11H2,1-3H3. The number of rotatable bonds is 7. The van der Waals surface area contributed by atoms with Crippen LogP contribution >= 0.6 is 0 Å². The molecule has 0 aliphatic rings. The fourth-order valence-corrected chi connectivity index (χ4v) is 2.86. The van der Waals surface area contributed by atoms with E-state index < -0.39 is 11.6 Å². The third kappa shape index (κ3) is 4.53. The number of para-hydroxylation sites is 2. The second-order valence-electron chi connectivity index (χ2n) is 6.42. The fourth-order valence-electron chi connectivity index (χ4n) is 2.86. The van der Waals surface area contributed by atoms with Crippen LogP contribution in [0.5, 0.6) is 11.5 Å². The number of hydrogen-bond acceptors (Lipinski definition) is 4. The van der Waals surface area contributed by atoms with Crippen molar-refractivity contribution in [3.63, 3.8) is 0 Å². The highest BCUT2D eigenvalue weighted by Gasteiger charge is 2.22. The Labute approximate surface area is 167 Å². The van der Waals surface area contributed by atoms with Gasteiger partial charge in [-0.05, 0) is 24.3 Å². The summed E-state index contributed by atoms with van der Waals surface area (Å²) >= 11 is 0. The van der Waals surface area contributed by atoms with Gasteiger partial charge in [0, 0.05) is 31.9 Å². The predicted molar refractivity (Wildman–Crippen MR) is 104 cm³/mol. The Bertz CT molecular complexity index is 1020. The first-order valence-corrected chi connectivity index (χ1v) is 8.91. The van der Waals surface area contributed by atoms with Gasteiger partial charge in [0.2, 0.25) is 0 Å². The second kappa shape index (κ2) is 8.72. The number of ether oxygens (including phenoxy) is 2. The molecule has 0 fully saturated rings. The van der Waals surface area contributed by atoms with Crippen LogP contribution in [0.1, 0.15) is 10.4 Å². The Morgan fingerprint density at radius 3 is 2.59 bits per heavy atom. The van der Waals surface area contributed by atoms with E-state index in [-0.39, 0.29) is 35.9 Å². The Kier molecular flexibility index (Phi) is 6.11. The van der Waals surface area contributed by atoms with E-state index in [2.05, 4.69) is 5.10 Å². The van der Waals surface area contributed by atoms with Crippen molar-refractivity contribution in [2.45, 2.75) is 0 Å². The largest absolute Gasteiger partial charge is 0.493 e. The first-order valence-electron chi connectivity index (χ1n) is 8.91. The van der Waals surface area contributed by atoms with Crippen LogP contribution < -0.4 is 9.47 Å². The number of carbonyl (C=O) groups is 1. The summed E-state index contributed by atoms with van der Waals surface area (Å²) in [7, 11) is 4.80. The molecule has 3 aromatic rings. The maximum absolute atomic E-state index is 14.2. The molecule has 8 heteroatoms. The summed E-state index contributed by atoms with van der Waals surface area (Å²) in [4.78, 5) is 14.3. The minimum Gasteiger partial charge on any atom is -0.493 e. The van der Waals surface area contributed by atoms with Crippen molar-refractivity contribution in [1.29, 1.82) is 0 Å². The van der Waals surface area contributed by atoms with Crippen LogP contribution in [0.3, 0.4) is 0 Å². The predicted octanol–water partition coefficient (Wildman–Crippen LogP) is 3.52. The van der Waals surface area contributed by atoms with Gasteiger partial charge in [-0.1, -0.05) is 12.1 Å². The summed E-state index contributed by atoms with van der Waals surface area (Å²) in [6, 6.07) is 10.4. The van der Waals surface area contributed by atoms with Crippen LogP contribution in [0.25, 0.3) is 11.3 Å². The normalized spacial score (nSPS) is 10.7. The molecule has 0 N–H and O–H groups in total. The summed E-state index contributed by atoms with van der Waals surface area (Å²) < 4.78 is 39.8. The van der Waals surface area contributed by atoms with Crippen molar-refractivity contribution in [2.24, 2.45) is 7.05 Å². The van der Waals surface area contributed by atoms with Gasteiger partial charge in [0.25, 0.3) is 5.91 Å². The molecule has 1 heterocycles. The lowest BCUT2D eigenvalue weighted by Gasteiger charge is -2.18. The first-order chi connectivity index (χ1) is 13.9. The number of nitrogens with zero attached hydrogens (tertiary/aromatic N) is 3. The number of halogens is 2. The summed E-state index contributed by atoms with van der Waals surface area (Å²) in [5.41, 5.74) is 0.444. The van der Waals surface area contributed by atoms with Gasteiger partial charge in [0.1, 0.15) is 23.9 Å². The van der Waals surface area contributed by atoms with Gasteiger partial charge in [0.05, 0.1) is 19.2 Å². The number of methoxy groups -OCH3 is 1. The monoisotopic (exact) mass is 401 g/mol. The average Bonchev–Trinajstić information content (AvgIpc) is 3.09. The molecule has 152 valence electrons. The molecule has 0 aliphatic carbocycles. The Morgan fingerprint density at radius 1 is 1.17 bits per heavy atom. The summed E-state index contributed by atoms with van der Waals surface area (Å²) in [5, 5.41) is 4.18. The molecule has 6 nitrogen and oxygen atoms in total. The SMILES string of the molecule is COc1ccccc1OCCN(C)C(=O)c1cn(C)nc1-c1ccc(F)cc1F. The Morgan fingerprint density at radius 2 is 1.90 bits per heavy atom. The molecule has 0 radical (unpaired) electrons. The Balaban J connectivity index is 1.73. The molecule has 0 atom stereocenters. The summed E-state index contributed by atoms with van der Waals surface area (Å²) in [5.74, 6) is -0.643. The highest BCUT2D eigenvalue weighted by molar-refractivity contribution is 5.99. The molecule has 1 amide bonds. The van der Waals surface area contributed by atoms with E-state index in [9.17, 15) is 13.6 Å². The van der Waals surface area contributed by atoms with E-state index in [0.29, 0.717) is 11.5 Å². The van der Waals surface area contributed by atoms with Gasteiger partial charge < -0.3 is 14.4 Å². The molecule has 0 spiro atoms. The highest BCUT2D eigenvalue weighted by atomic mass is 19.1. The molecule has 0 saturated carbocycles. The molecular weight excluding hydrogens is 380 g/mol. The van der Waals surface area contributed by atoms with Crippen molar-refractivity contribution >= 4 is 5.91 Å². The van der Waals surface area contributed by atoms with E-state index in [0.717, 1.165) is 12.1 Å². The number of aryl methyl sites for hydroxylation is 1. The molecule has 1 aromatic heterocycles. The van der Waals surface area contributed by atoms with E-state index in [1.54, 1.807) is 33.3 Å². The quantitative estimate of drug-likeness (QED) is 0.608. The van der Waals surface area contributed by atoms with Crippen molar-refractivity contribution in [3.05, 3.63) is 65.9 Å². The zero-order valence-corrected chi connectivity index (χ0v) is 16.4. The smallest absolute Gasteiger partial charge is 0.257 e. The summed E-state index contributed by atoms with van der Waals surface area (Å²) in [6.45, 7) is 0.528. The maximum atomic E-state index is 14.2. The average molecular weight is 401 g/mol. The number of hydrogen-bond donors (Lipinski definition) is 0. The van der Waals surface area contributed by atoms with Crippen molar-refractivity contribution in [1.82, 2.24) is 14.7 Å². The molecule has 2 aromatic carbocycles. The molecule has 0 saturated heterocycles. The molecule has 0 unspecified atom stereocenters. The van der Waals surface area contributed by atoms with E-state index in [1.165, 1.54) is 21.8 Å².